The Morgan fingerprint density at radius 2 is 0.988 bits per heavy atom. The maximum absolute atomic E-state index is 12.7. The van der Waals surface area contributed by atoms with E-state index in [4.69, 9.17) is 74.8 Å². The molecule has 4 aliphatic carbocycles. The van der Waals surface area contributed by atoms with Crippen molar-refractivity contribution in [2.24, 2.45) is 11.8 Å². The van der Waals surface area contributed by atoms with Crippen molar-refractivity contribution in [3.05, 3.63) is 139 Å². The van der Waals surface area contributed by atoms with Gasteiger partial charge >= 0.3 is 5.97 Å². The van der Waals surface area contributed by atoms with Crippen LogP contribution in [0.2, 0.25) is 20.1 Å². The zero-order chi connectivity index (χ0) is 59.7. The predicted molar refractivity (Wildman–Crippen MR) is 325 cm³/mol. The molecule has 0 radical (unpaired) electrons. The molecule has 1 N–H and O–H groups in total. The van der Waals surface area contributed by atoms with Crippen molar-refractivity contribution in [3.63, 3.8) is 0 Å². The smallest absolute Gasteiger partial charge is 0.302 e. The highest BCUT2D eigenvalue weighted by molar-refractivity contribution is 7.92. The number of fused-ring (bicyclic) bond motifs is 4. The van der Waals surface area contributed by atoms with Crippen molar-refractivity contribution in [1.29, 1.82) is 0 Å². The molecule has 0 spiro atoms. The number of hydrogen-bond donors (Lipinski definition) is 1. The summed E-state index contributed by atoms with van der Waals surface area (Å²) in [6, 6.07) is 25.8. The molecule has 4 bridgehead atoms. The lowest BCUT2D eigenvalue weighted by molar-refractivity contribution is -0.140. The Kier molecular flexibility index (Phi) is 18.9. The van der Waals surface area contributed by atoms with Crippen LogP contribution in [0.5, 0.6) is 0 Å². The number of anilines is 2. The second-order valence-corrected chi connectivity index (χ2v) is 29.2. The van der Waals surface area contributed by atoms with Crippen molar-refractivity contribution in [2.45, 2.75) is 120 Å². The van der Waals surface area contributed by atoms with Gasteiger partial charge in [0.05, 0.1) is 63.6 Å². The highest BCUT2D eigenvalue weighted by atomic mass is 35.5. The van der Waals surface area contributed by atoms with Gasteiger partial charge in [-0.25, -0.2) is 16.8 Å². The number of hydrogen-bond acceptors (Lipinski definition) is 17. The van der Waals surface area contributed by atoms with Gasteiger partial charge < -0.3 is 38.2 Å². The van der Waals surface area contributed by atoms with Crippen molar-refractivity contribution in [2.75, 3.05) is 59.1 Å². The number of piperidine rings is 2. The molecule has 6 atom stereocenters. The van der Waals surface area contributed by atoms with Gasteiger partial charge in [-0.2, -0.15) is 0 Å². The summed E-state index contributed by atoms with van der Waals surface area (Å²) < 4.78 is 78.3. The normalized spacial score (nSPS) is 21.6. The summed E-state index contributed by atoms with van der Waals surface area (Å²) in [7, 11) is -7.14. The van der Waals surface area contributed by atoms with Crippen LogP contribution in [0, 0.1) is 11.8 Å². The molecule has 2 saturated heterocycles. The minimum absolute atomic E-state index is 0.0157. The van der Waals surface area contributed by atoms with E-state index in [1.165, 1.54) is 6.92 Å². The van der Waals surface area contributed by atoms with Crippen LogP contribution in [-0.2, 0) is 51.9 Å². The summed E-state index contributed by atoms with van der Waals surface area (Å²) in [5, 5.41) is 19.7. The average molecular weight is 1280 g/mol. The molecule has 0 unspecified atom stereocenters. The number of aromatic nitrogens is 2. The van der Waals surface area contributed by atoms with Gasteiger partial charge in [0.1, 0.15) is 34.4 Å². The highest BCUT2D eigenvalue weighted by Gasteiger charge is 2.47. The van der Waals surface area contributed by atoms with Gasteiger partial charge in [0.25, 0.3) is 0 Å². The number of aliphatic hydroxyl groups excluding tert-OH is 1. The molecule has 4 heterocycles. The first-order chi connectivity index (χ1) is 40.8. The third-order valence-corrected chi connectivity index (χ3v) is 21.5. The van der Waals surface area contributed by atoms with Gasteiger partial charge in [0.2, 0.25) is 0 Å². The summed E-state index contributed by atoms with van der Waals surface area (Å²) in [4.78, 5) is 40.7. The lowest BCUT2D eigenvalue weighted by atomic mass is 10.0. The van der Waals surface area contributed by atoms with E-state index in [9.17, 15) is 31.2 Å². The molecule has 4 aromatic carbocycles. The average Bonchev–Trinajstić information content (AvgIpc) is 2.08. The minimum Gasteiger partial charge on any atom is -0.466 e. The number of benzene rings is 4. The van der Waals surface area contributed by atoms with Gasteiger partial charge in [-0.15, -0.1) is 0 Å². The van der Waals surface area contributed by atoms with Gasteiger partial charge in [0, 0.05) is 107 Å². The van der Waals surface area contributed by atoms with Crippen LogP contribution >= 0.6 is 46.4 Å². The molecule has 6 fully saturated rings. The van der Waals surface area contributed by atoms with E-state index < -0.39 is 48.7 Å². The number of sulfone groups is 2. The molecular formula is C62H66Cl4N4O13S2. The molecule has 2 aromatic heterocycles. The molecule has 2 aliphatic heterocycles. The van der Waals surface area contributed by atoms with Gasteiger partial charge in [-0.1, -0.05) is 68.8 Å². The number of esters is 1. The second-order valence-electron chi connectivity index (χ2n) is 23.2. The van der Waals surface area contributed by atoms with Crippen molar-refractivity contribution < 1.29 is 59.6 Å². The number of aliphatic hydroxyl groups is 1. The number of ether oxygens (including phenoxy) is 3. The fourth-order valence-corrected chi connectivity index (χ4v) is 16.2. The molecule has 6 aromatic rings. The van der Waals surface area contributed by atoms with E-state index in [-0.39, 0.29) is 49.8 Å². The molecule has 0 amide bonds. The standard InChI is InChI=1S/C32H34Cl2N2O7S.C30H32Cl2N2O6S/c1-19(37)41-12-3-13-44(39,40)18-28(38)20-8-10-23(11-9-20)36-16-22-14-24(36)15-29(22)42-17-25-31(35-43-32(25)21-6-7-21)30-26(33)4-2-5-27(30)34;31-24-3-1-4-25(32)28(24)29-23(30(40-33-29)19-5-6-19)16-39-27-14-22-13-20(27)15-34(22)21-9-7-18(8-10-21)26(36)17-41(37,38)12-2-11-35/h2,4-5,8-11,21-22,24,29H,3,6-7,12-18H2,1H3;1,3-4,7-10,19-20,22,27,35H,2,5-6,11-17H2/t22-,24-,29+;20-,22-,27+/m00/s1. The fourth-order valence-electron chi connectivity index (χ4n) is 12.5. The first kappa shape index (κ1) is 61.3. The lowest BCUT2D eigenvalue weighted by Crippen LogP contribution is -2.38. The minimum atomic E-state index is -3.60. The predicted octanol–water partition coefficient (Wildman–Crippen LogP) is 12.0. The van der Waals surface area contributed by atoms with Crippen molar-refractivity contribution >= 4 is 95.0 Å². The van der Waals surface area contributed by atoms with E-state index in [0.717, 1.165) is 98.5 Å². The van der Waals surface area contributed by atoms with Crippen LogP contribution in [0.3, 0.4) is 0 Å². The monoisotopic (exact) mass is 1280 g/mol. The van der Waals surface area contributed by atoms with Crippen LogP contribution in [-0.4, -0.2) is 123 Å². The van der Waals surface area contributed by atoms with Crippen molar-refractivity contribution in [1.82, 2.24) is 10.3 Å². The molecule has 23 heteroatoms. The molecule has 452 valence electrons. The Bertz CT molecular complexity index is 3630. The molecule has 6 aliphatic rings. The lowest BCUT2D eigenvalue weighted by Gasteiger charge is -2.33. The Morgan fingerprint density at radius 3 is 1.34 bits per heavy atom. The van der Waals surface area contributed by atoms with Gasteiger partial charge in [-0.3, -0.25) is 14.4 Å². The van der Waals surface area contributed by atoms with E-state index in [0.29, 0.717) is 103 Å². The molecule has 12 rings (SSSR count). The van der Waals surface area contributed by atoms with Crippen LogP contribution in [0.4, 0.5) is 11.4 Å². The molecular weight excluding hydrogens is 1210 g/mol. The second kappa shape index (κ2) is 26.2. The first-order valence-electron chi connectivity index (χ1n) is 28.9. The summed E-state index contributed by atoms with van der Waals surface area (Å²) in [5.74, 6) is 0.329. The van der Waals surface area contributed by atoms with E-state index >= 15 is 0 Å². The van der Waals surface area contributed by atoms with E-state index in [1.54, 1.807) is 54.6 Å². The number of ketones is 2. The first-order valence-corrected chi connectivity index (χ1v) is 34.0. The highest BCUT2D eigenvalue weighted by Crippen LogP contribution is 2.50. The topological polar surface area (TPSA) is 226 Å². The Balaban J connectivity index is 0.000000177. The maximum atomic E-state index is 12.7. The molecule has 4 saturated carbocycles. The Hall–Kier alpha value is -5.35. The van der Waals surface area contributed by atoms with E-state index in [1.807, 2.05) is 30.3 Å². The quantitative estimate of drug-likeness (QED) is 0.0319. The third kappa shape index (κ3) is 14.3. The summed E-state index contributed by atoms with van der Waals surface area (Å²) in [6.45, 7) is 3.51. The third-order valence-electron chi connectivity index (χ3n) is 17.0. The fraction of sp³-hybridized carbons (Fsp3) is 0.468. The SMILES string of the molecule is CC(=O)OCCCS(=O)(=O)CC(=O)c1ccc(N2C[C@@H]3C[C@H]2C[C@H]3OCc2c(-c3c(Cl)cccc3Cl)noc2C2CC2)cc1.O=C(CS(=O)(=O)CCCO)c1ccc(N2C[C@@H]3C[C@H]2C[C@H]3OCc2c(-c3c(Cl)cccc3Cl)noc2C2CC2)cc1. The van der Waals surface area contributed by atoms with Gasteiger partial charge in [-0.05, 0) is 137 Å². The summed E-state index contributed by atoms with van der Waals surface area (Å²) >= 11 is 26.0. The number of halogens is 4. The zero-order valence-electron chi connectivity index (χ0n) is 46.8. The van der Waals surface area contributed by atoms with Crippen LogP contribution in [0.15, 0.2) is 94.0 Å². The number of nitrogens with zero attached hydrogens (tertiary/aromatic N) is 4. The summed E-state index contributed by atoms with van der Waals surface area (Å²) in [6.07, 6.45) is 8.59. The van der Waals surface area contributed by atoms with E-state index in [2.05, 4.69) is 20.1 Å². The largest absolute Gasteiger partial charge is 0.466 e. The summed E-state index contributed by atoms with van der Waals surface area (Å²) in [5.41, 5.74) is 7.26. The Morgan fingerprint density at radius 1 is 0.588 bits per heavy atom. The number of carbonyl (C=O) groups excluding carboxylic acids is 3. The zero-order valence-corrected chi connectivity index (χ0v) is 51.5. The molecule has 85 heavy (non-hydrogen) atoms. The van der Waals surface area contributed by atoms with Crippen LogP contribution in [0.1, 0.15) is 126 Å². The maximum Gasteiger partial charge on any atom is 0.302 e. The van der Waals surface area contributed by atoms with Crippen LogP contribution < -0.4 is 9.80 Å². The van der Waals surface area contributed by atoms with Crippen molar-refractivity contribution in [3.8, 4) is 22.5 Å². The number of rotatable bonds is 25. The number of carbonyl (C=O) groups is 3. The molecule has 17 nitrogen and oxygen atoms in total. The van der Waals surface area contributed by atoms with Crippen LogP contribution in [0.25, 0.3) is 22.5 Å². The number of Topliss-reactive ketones (excluding diaryl/α,β-unsaturated/α-hetero) is 2. The Labute approximate surface area is 514 Å². The van der Waals surface area contributed by atoms with Gasteiger partial charge in [0.15, 0.2) is 31.2 Å².